The van der Waals surface area contributed by atoms with Gasteiger partial charge in [-0.25, -0.2) is 4.79 Å². The van der Waals surface area contributed by atoms with Crippen molar-refractivity contribution >= 4 is 5.97 Å². The zero-order chi connectivity index (χ0) is 20.3. The molecule has 2 aromatic rings. The van der Waals surface area contributed by atoms with Crippen molar-refractivity contribution in [1.29, 1.82) is 0 Å². The van der Waals surface area contributed by atoms with E-state index in [-0.39, 0.29) is 29.9 Å². The smallest absolute Gasteiger partial charge is 0.343 e. The lowest BCUT2D eigenvalue weighted by molar-refractivity contribution is 0.00875. The van der Waals surface area contributed by atoms with E-state index in [0.29, 0.717) is 22.8 Å². The van der Waals surface area contributed by atoms with Crippen LogP contribution < -0.4 is 18.9 Å². The second-order valence-electron chi connectivity index (χ2n) is 7.30. The first kappa shape index (κ1) is 17.9. The first-order valence-electron chi connectivity index (χ1n) is 9.35. The number of benzene rings is 2. The molecular weight excluding hydrogens is 378 g/mol. The third kappa shape index (κ3) is 2.45. The highest BCUT2D eigenvalue weighted by Crippen LogP contribution is 2.55. The number of phenolic OH excluding ortho intramolecular Hbond substituents is 1. The van der Waals surface area contributed by atoms with Crippen LogP contribution in [0.3, 0.4) is 0 Å². The van der Waals surface area contributed by atoms with Gasteiger partial charge in [-0.2, -0.15) is 0 Å². The molecule has 3 heterocycles. The number of ether oxygens (including phenoxy) is 5. The van der Waals surface area contributed by atoms with Gasteiger partial charge >= 0.3 is 5.97 Å². The first-order chi connectivity index (χ1) is 14.0. The Morgan fingerprint density at radius 2 is 2.03 bits per heavy atom. The van der Waals surface area contributed by atoms with Gasteiger partial charge in [0, 0.05) is 17.7 Å². The number of rotatable bonds is 3. The zero-order valence-corrected chi connectivity index (χ0v) is 16.4. The molecule has 29 heavy (non-hydrogen) atoms. The second-order valence-corrected chi connectivity index (χ2v) is 7.30. The van der Waals surface area contributed by atoms with Crippen LogP contribution in [0.4, 0.5) is 0 Å². The van der Waals surface area contributed by atoms with Crippen molar-refractivity contribution in [3.8, 4) is 28.7 Å². The number of fused-ring (bicyclic) bond motifs is 3. The lowest BCUT2D eigenvalue weighted by Crippen LogP contribution is -2.36. The number of phenols is 1. The number of nitrogens with zero attached hydrogens (tertiary/aromatic N) is 1. The van der Waals surface area contributed by atoms with Crippen LogP contribution in [0.25, 0.3) is 0 Å². The Kier molecular flexibility index (Phi) is 3.99. The summed E-state index contributed by atoms with van der Waals surface area (Å²) in [5, 5.41) is 10.5. The molecule has 5 rings (SSSR count). The van der Waals surface area contributed by atoms with E-state index in [0.717, 1.165) is 24.1 Å². The Bertz CT molecular complexity index is 1020. The fourth-order valence-corrected chi connectivity index (χ4v) is 4.53. The van der Waals surface area contributed by atoms with E-state index in [9.17, 15) is 9.90 Å². The maximum atomic E-state index is 12.6. The fraction of sp³-hybridized carbons (Fsp3) is 0.381. The molecular formula is C21H21NO7. The molecule has 8 nitrogen and oxygen atoms in total. The summed E-state index contributed by atoms with van der Waals surface area (Å²) in [6.07, 6.45) is 0.198. The van der Waals surface area contributed by atoms with Crippen LogP contribution in [0.15, 0.2) is 18.2 Å². The molecule has 0 fully saturated rings. The number of cyclic esters (lactones) is 1. The van der Waals surface area contributed by atoms with Crippen molar-refractivity contribution < 1.29 is 33.6 Å². The van der Waals surface area contributed by atoms with Crippen LogP contribution >= 0.6 is 0 Å². The van der Waals surface area contributed by atoms with Crippen molar-refractivity contribution in [2.75, 3.05) is 34.6 Å². The van der Waals surface area contributed by atoms with Crippen molar-refractivity contribution in [2.24, 2.45) is 0 Å². The largest absolute Gasteiger partial charge is 0.504 e. The minimum Gasteiger partial charge on any atom is -0.504 e. The van der Waals surface area contributed by atoms with Crippen LogP contribution in [0, 0.1) is 0 Å². The molecule has 3 aliphatic heterocycles. The highest BCUT2D eigenvalue weighted by molar-refractivity contribution is 5.98. The Balaban J connectivity index is 1.68. The first-order valence-corrected chi connectivity index (χ1v) is 9.35. The van der Waals surface area contributed by atoms with Crippen molar-refractivity contribution in [1.82, 2.24) is 4.90 Å². The summed E-state index contributed by atoms with van der Waals surface area (Å²) >= 11 is 0. The van der Waals surface area contributed by atoms with Gasteiger partial charge in [0.25, 0.3) is 0 Å². The third-order valence-electron chi connectivity index (χ3n) is 5.88. The lowest BCUT2D eigenvalue weighted by Gasteiger charge is -2.38. The molecule has 0 saturated carbocycles. The van der Waals surface area contributed by atoms with Crippen LogP contribution in [0.2, 0.25) is 0 Å². The normalized spacial score (nSPS) is 22.1. The number of aromatic hydroxyl groups is 1. The third-order valence-corrected chi connectivity index (χ3v) is 5.88. The molecule has 0 aliphatic carbocycles. The SMILES string of the molecule is COc1ccc2c(c1O)C(=O)O[C@@H]2C1c2c(cc3c(c2OC)OCO3)CCN1C. The number of esters is 1. The Morgan fingerprint density at radius 1 is 1.21 bits per heavy atom. The number of hydrogen-bond acceptors (Lipinski definition) is 8. The van der Waals surface area contributed by atoms with Crippen molar-refractivity contribution in [3.63, 3.8) is 0 Å². The van der Waals surface area contributed by atoms with Crippen molar-refractivity contribution in [3.05, 3.63) is 40.5 Å². The van der Waals surface area contributed by atoms with Gasteiger partial charge < -0.3 is 28.8 Å². The van der Waals surface area contributed by atoms with Crippen LogP contribution in [-0.4, -0.2) is 50.6 Å². The number of methoxy groups -OCH3 is 2. The summed E-state index contributed by atoms with van der Waals surface area (Å²) in [5.41, 5.74) is 2.75. The van der Waals surface area contributed by atoms with Crippen LogP contribution in [0.5, 0.6) is 28.7 Å². The van der Waals surface area contributed by atoms with E-state index in [4.69, 9.17) is 23.7 Å². The molecule has 0 saturated heterocycles. The van der Waals surface area contributed by atoms with Gasteiger partial charge in [-0.05, 0) is 31.2 Å². The molecule has 152 valence electrons. The molecule has 3 aliphatic rings. The van der Waals surface area contributed by atoms with E-state index >= 15 is 0 Å². The van der Waals surface area contributed by atoms with E-state index in [2.05, 4.69) is 4.90 Å². The van der Waals surface area contributed by atoms with Gasteiger partial charge in [-0.3, -0.25) is 4.90 Å². The molecule has 8 heteroatoms. The van der Waals surface area contributed by atoms with Gasteiger partial charge in [0.05, 0.1) is 20.3 Å². The summed E-state index contributed by atoms with van der Waals surface area (Å²) in [6, 6.07) is 5.08. The summed E-state index contributed by atoms with van der Waals surface area (Å²) in [4.78, 5) is 14.8. The van der Waals surface area contributed by atoms with E-state index in [1.807, 2.05) is 13.1 Å². The molecule has 2 aromatic carbocycles. The summed E-state index contributed by atoms with van der Waals surface area (Å²) in [7, 11) is 5.01. The monoisotopic (exact) mass is 399 g/mol. The highest BCUT2D eigenvalue weighted by Gasteiger charge is 2.45. The maximum absolute atomic E-state index is 12.6. The van der Waals surface area contributed by atoms with Gasteiger partial charge in [0.2, 0.25) is 12.5 Å². The number of hydrogen-bond donors (Lipinski definition) is 1. The summed E-state index contributed by atoms with van der Waals surface area (Å²) < 4.78 is 27.8. The molecule has 0 spiro atoms. The summed E-state index contributed by atoms with van der Waals surface area (Å²) in [6.45, 7) is 0.913. The van der Waals surface area contributed by atoms with E-state index < -0.39 is 12.1 Å². The molecule has 0 amide bonds. The predicted molar refractivity (Wildman–Crippen MR) is 101 cm³/mol. The van der Waals surface area contributed by atoms with E-state index in [1.54, 1.807) is 19.2 Å². The fourth-order valence-electron chi connectivity index (χ4n) is 4.53. The maximum Gasteiger partial charge on any atom is 0.343 e. The Morgan fingerprint density at radius 3 is 2.79 bits per heavy atom. The van der Waals surface area contributed by atoms with Crippen LogP contribution in [0.1, 0.15) is 39.2 Å². The number of carbonyl (C=O) groups excluding carboxylic acids is 1. The topological polar surface area (TPSA) is 86.7 Å². The average Bonchev–Trinajstić information content (AvgIpc) is 3.31. The molecule has 1 N–H and O–H groups in total. The quantitative estimate of drug-likeness (QED) is 0.789. The van der Waals surface area contributed by atoms with Gasteiger partial charge in [-0.15, -0.1) is 0 Å². The Hall–Kier alpha value is -3.13. The number of carbonyl (C=O) groups is 1. The molecule has 1 unspecified atom stereocenters. The molecule has 2 atom stereocenters. The number of likely N-dealkylation sites (N-methyl/N-ethyl adjacent to an activating group) is 1. The van der Waals surface area contributed by atoms with E-state index in [1.165, 1.54) is 7.11 Å². The average molecular weight is 399 g/mol. The van der Waals surface area contributed by atoms with Gasteiger partial charge in [-0.1, -0.05) is 6.07 Å². The Labute approximate surface area is 167 Å². The van der Waals surface area contributed by atoms with Gasteiger partial charge in [0.15, 0.2) is 23.0 Å². The van der Waals surface area contributed by atoms with Gasteiger partial charge in [0.1, 0.15) is 11.7 Å². The highest BCUT2D eigenvalue weighted by atomic mass is 16.7. The minimum absolute atomic E-state index is 0.143. The zero-order valence-electron chi connectivity index (χ0n) is 16.4. The second kappa shape index (κ2) is 6.45. The molecule has 0 aromatic heterocycles. The lowest BCUT2D eigenvalue weighted by atomic mass is 9.85. The minimum atomic E-state index is -0.604. The standard InChI is InChI=1S/C21H21NO7/c1-22-7-6-10-8-13-19(28-9-27-13)20(26-3)14(10)16(22)18-11-4-5-12(25-2)17(23)15(11)21(24)29-18/h4-5,8,16,18,23H,6-7,9H2,1-3H3/t16?,18-/m0/s1. The molecule has 0 radical (unpaired) electrons. The summed E-state index contributed by atoms with van der Waals surface area (Å²) in [5.74, 6) is 1.28. The van der Waals surface area contributed by atoms with Crippen molar-refractivity contribution in [2.45, 2.75) is 18.6 Å². The molecule has 0 bridgehead atoms. The predicted octanol–water partition coefficient (Wildman–Crippen LogP) is 2.58. The van der Waals surface area contributed by atoms with Crippen LogP contribution in [-0.2, 0) is 11.2 Å².